The minimum Gasteiger partial charge on any atom is -0.455 e. The highest BCUT2D eigenvalue weighted by Crippen LogP contribution is 2.65. The molecule has 9 aromatic carbocycles. The Morgan fingerprint density at radius 1 is 0.367 bits per heavy atom. The highest BCUT2D eigenvalue weighted by molar-refractivity contribution is 7.19. The number of benzene rings is 9. The Labute approximate surface area is 353 Å². The lowest BCUT2D eigenvalue weighted by molar-refractivity contribution is 0.447. The molecule has 1 aliphatic carbocycles. The van der Waals surface area contributed by atoms with Crippen molar-refractivity contribution < 1.29 is 4.74 Å². The molecule has 0 radical (unpaired) electrons. The van der Waals surface area contributed by atoms with Crippen molar-refractivity contribution in [1.29, 1.82) is 0 Å². The minimum atomic E-state index is -0.483. The van der Waals surface area contributed by atoms with E-state index in [0.29, 0.717) is 0 Å². The molecule has 0 saturated carbocycles. The zero-order valence-electron chi connectivity index (χ0n) is 32.6. The van der Waals surface area contributed by atoms with E-state index in [1.54, 1.807) is 0 Å². The van der Waals surface area contributed by atoms with E-state index in [0.717, 1.165) is 33.9 Å². The summed E-state index contributed by atoms with van der Waals surface area (Å²) >= 11 is 1.85. The van der Waals surface area contributed by atoms with Crippen LogP contribution in [0.5, 0.6) is 11.5 Å². The summed E-state index contributed by atoms with van der Waals surface area (Å²) < 4.78 is 8.25. The van der Waals surface area contributed by atoms with Gasteiger partial charge in [0.2, 0.25) is 0 Å². The molecule has 1 aromatic heterocycles. The summed E-state index contributed by atoms with van der Waals surface area (Å²) in [6.45, 7) is 0. The maximum Gasteiger partial charge on any atom is 0.150 e. The van der Waals surface area contributed by atoms with E-state index in [9.17, 15) is 0 Å². The molecule has 0 atom stereocenters. The van der Waals surface area contributed by atoms with Crippen LogP contribution in [0.2, 0.25) is 0 Å². The summed E-state index contributed by atoms with van der Waals surface area (Å²) in [5, 5.41) is 1.12. The Hall–Kier alpha value is -7.46. The van der Waals surface area contributed by atoms with Gasteiger partial charge in [-0.3, -0.25) is 0 Å². The van der Waals surface area contributed by atoms with E-state index in [1.807, 2.05) is 11.3 Å². The lowest BCUT2D eigenvalue weighted by Gasteiger charge is -2.37. The topological polar surface area (TPSA) is 12.5 Å². The molecule has 12 rings (SSSR count). The second kappa shape index (κ2) is 13.8. The number of anilines is 3. The standard InChI is InChI=1S/C57H37NOS/c1-3-13-38(14-4-1)40-23-25-41(26-24-40)43-29-33-45(34-30-43)58(44-31-27-42(28-32-44)39-15-5-2-6-16-39)46-35-36-54-49(37-46)55-56(60-54)57(52-21-11-12-22-53(52)59-55)50-19-9-7-17-47(50)48-18-8-10-20-51(48)57/h1-37H. The Bertz CT molecular complexity index is 3160. The molecule has 10 aromatic rings. The van der Waals surface area contributed by atoms with Gasteiger partial charge in [0.15, 0.2) is 5.75 Å². The maximum absolute atomic E-state index is 7.05. The molecular weight excluding hydrogens is 747 g/mol. The molecule has 2 nitrogen and oxygen atoms in total. The molecule has 0 unspecified atom stereocenters. The van der Waals surface area contributed by atoms with Crippen LogP contribution in [-0.4, -0.2) is 0 Å². The molecule has 1 aliphatic heterocycles. The van der Waals surface area contributed by atoms with Gasteiger partial charge in [0.1, 0.15) is 5.75 Å². The van der Waals surface area contributed by atoms with E-state index in [1.165, 1.54) is 70.8 Å². The van der Waals surface area contributed by atoms with Gasteiger partial charge in [-0.2, -0.15) is 0 Å². The summed E-state index contributed by atoms with van der Waals surface area (Å²) in [4.78, 5) is 3.60. The molecular formula is C57H37NOS. The highest BCUT2D eigenvalue weighted by atomic mass is 32.1. The summed E-state index contributed by atoms with van der Waals surface area (Å²) in [6.07, 6.45) is 0. The predicted octanol–water partition coefficient (Wildman–Crippen LogP) is 15.8. The molecule has 1 spiro atoms. The molecule has 0 amide bonds. The number of nitrogens with zero attached hydrogens (tertiary/aromatic N) is 1. The second-order valence-corrected chi connectivity index (χ2v) is 16.7. The Morgan fingerprint density at radius 2 is 0.783 bits per heavy atom. The first-order valence-corrected chi connectivity index (χ1v) is 21.3. The quantitative estimate of drug-likeness (QED) is 0.167. The number of hydrogen-bond acceptors (Lipinski definition) is 3. The van der Waals surface area contributed by atoms with Crippen LogP contribution in [0, 0.1) is 0 Å². The van der Waals surface area contributed by atoms with E-state index >= 15 is 0 Å². The van der Waals surface area contributed by atoms with E-state index in [4.69, 9.17) is 4.74 Å². The van der Waals surface area contributed by atoms with Crippen LogP contribution >= 0.6 is 11.3 Å². The zero-order valence-corrected chi connectivity index (χ0v) is 33.4. The van der Waals surface area contributed by atoms with Crippen LogP contribution < -0.4 is 9.64 Å². The monoisotopic (exact) mass is 783 g/mol. The minimum absolute atomic E-state index is 0.483. The highest BCUT2D eigenvalue weighted by Gasteiger charge is 2.52. The number of hydrogen-bond donors (Lipinski definition) is 0. The Morgan fingerprint density at radius 3 is 1.32 bits per heavy atom. The molecule has 3 heteroatoms. The van der Waals surface area contributed by atoms with E-state index in [2.05, 4.69) is 229 Å². The van der Waals surface area contributed by atoms with Gasteiger partial charge in [-0.05, 0) is 104 Å². The molecule has 0 N–H and O–H groups in total. The normalized spacial score (nSPS) is 12.9. The third kappa shape index (κ3) is 5.33. The predicted molar refractivity (Wildman–Crippen MR) is 250 cm³/mol. The molecule has 60 heavy (non-hydrogen) atoms. The number of para-hydroxylation sites is 1. The largest absolute Gasteiger partial charge is 0.455 e. The van der Waals surface area contributed by atoms with Crippen LogP contribution in [0.3, 0.4) is 0 Å². The third-order valence-corrected chi connectivity index (χ3v) is 13.6. The van der Waals surface area contributed by atoms with Gasteiger partial charge in [-0.25, -0.2) is 0 Å². The van der Waals surface area contributed by atoms with Gasteiger partial charge in [0.05, 0.1) is 10.3 Å². The van der Waals surface area contributed by atoms with Crippen molar-refractivity contribution in [2.24, 2.45) is 0 Å². The number of fused-ring (bicyclic) bond motifs is 11. The number of rotatable bonds is 6. The Balaban J connectivity index is 1.00. The second-order valence-electron chi connectivity index (χ2n) is 15.6. The van der Waals surface area contributed by atoms with Gasteiger partial charge in [0.25, 0.3) is 0 Å². The lowest BCUT2D eigenvalue weighted by atomic mass is 9.69. The van der Waals surface area contributed by atoms with Crippen molar-refractivity contribution in [2.45, 2.75) is 5.41 Å². The Kier molecular flexibility index (Phi) is 7.97. The SMILES string of the molecule is c1ccc(-c2ccc(-c3ccc(N(c4ccc(-c5ccccc5)cc4)c4ccc5sc6c(c5c4)Oc4ccccc4C64c5ccccc5-c5ccccc54)cc3)cc2)cc1. The molecule has 0 saturated heterocycles. The first kappa shape index (κ1) is 34.6. The van der Waals surface area contributed by atoms with Crippen molar-refractivity contribution in [3.05, 3.63) is 246 Å². The van der Waals surface area contributed by atoms with Crippen LogP contribution in [0.25, 0.3) is 54.6 Å². The van der Waals surface area contributed by atoms with Crippen molar-refractivity contribution in [3.8, 4) is 56.0 Å². The van der Waals surface area contributed by atoms with E-state index < -0.39 is 5.41 Å². The average molecular weight is 784 g/mol. The lowest BCUT2D eigenvalue weighted by Crippen LogP contribution is -2.30. The summed E-state index contributed by atoms with van der Waals surface area (Å²) in [7, 11) is 0. The van der Waals surface area contributed by atoms with Crippen LogP contribution in [0.15, 0.2) is 224 Å². The van der Waals surface area contributed by atoms with Crippen LogP contribution in [0.1, 0.15) is 21.6 Å². The molecule has 0 bridgehead atoms. The third-order valence-electron chi connectivity index (χ3n) is 12.4. The molecule has 2 aliphatic rings. The van der Waals surface area contributed by atoms with Crippen molar-refractivity contribution in [2.75, 3.05) is 4.90 Å². The van der Waals surface area contributed by atoms with Gasteiger partial charge >= 0.3 is 0 Å². The smallest absolute Gasteiger partial charge is 0.150 e. The van der Waals surface area contributed by atoms with Gasteiger partial charge in [-0.1, -0.05) is 176 Å². The fourth-order valence-electron chi connectivity index (χ4n) is 9.59. The average Bonchev–Trinajstić information content (AvgIpc) is 3.84. The molecule has 0 fully saturated rings. The van der Waals surface area contributed by atoms with Crippen molar-refractivity contribution in [3.63, 3.8) is 0 Å². The number of ether oxygens (including phenoxy) is 1. The van der Waals surface area contributed by atoms with E-state index in [-0.39, 0.29) is 0 Å². The van der Waals surface area contributed by atoms with Crippen LogP contribution in [0.4, 0.5) is 17.1 Å². The fourth-order valence-corrected chi connectivity index (χ4v) is 10.9. The van der Waals surface area contributed by atoms with Crippen LogP contribution in [-0.2, 0) is 5.41 Å². The first-order chi connectivity index (χ1) is 29.7. The maximum atomic E-state index is 7.05. The van der Waals surface area contributed by atoms with Gasteiger partial charge < -0.3 is 9.64 Å². The van der Waals surface area contributed by atoms with Crippen molar-refractivity contribution in [1.82, 2.24) is 0 Å². The molecule has 2 heterocycles. The first-order valence-electron chi connectivity index (χ1n) is 20.5. The summed E-state index contributed by atoms with van der Waals surface area (Å²) in [5.74, 6) is 1.85. The van der Waals surface area contributed by atoms with Crippen molar-refractivity contribution >= 4 is 38.5 Å². The van der Waals surface area contributed by atoms with Gasteiger partial charge in [-0.15, -0.1) is 11.3 Å². The summed E-state index contributed by atoms with van der Waals surface area (Å²) in [5.41, 5.74) is 16.3. The van der Waals surface area contributed by atoms with Gasteiger partial charge in [0, 0.05) is 32.7 Å². The number of thiophene rings is 1. The fraction of sp³-hybridized carbons (Fsp3) is 0.0175. The summed E-state index contributed by atoms with van der Waals surface area (Å²) in [6, 6.07) is 81.3. The molecule has 282 valence electrons. The zero-order chi connectivity index (χ0) is 39.6.